The van der Waals surface area contributed by atoms with Gasteiger partial charge in [-0.25, -0.2) is 0 Å². The molecule has 0 radical (unpaired) electrons. The molecule has 0 spiro atoms. The maximum absolute atomic E-state index is 12.0. The van der Waals surface area contributed by atoms with Gasteiger partial charge in [-0.15, -0.1) is 10.2 Å². The van der Waals surface area contributed by atoms with E-state index in [0.29, 0.717) is 25.5 Å². The summed E-state index contributed by atoms with van der Waals surface area (Å²) < 4.78 is 7.25. The molecule has 1 unspecified atom stereocenters. The minimum Gasteiger partial charge on any atom is -0.366 e. The summed E-state index contributed by atoms with van der Waals surface area (Å²) in [5.41, 5.74) is 0.960. The third-order valence-corrected chi connectivity index (χ3v) is 3.29. The maximum Gasteiger partial charge on any atom is 0.250 e. The summed E-state index contributed by atoms with van der Waals surface area (Å²) >= 11 is 0. The zero-order chi connectivity index (χ0) is 14.5. The van der Waals surface area contributed by atoms with Crippen molar-refractivity contribution >= 4 is 5.91 Å². The highest BCUT2D eigenvalue weighted by Gasteiger charge is 2.21. The summed E-state index contributed by atoms with van der Waals surface area (Å²) in [7, 11) is 0. The van der Waals surface area contributed by atoms with Crippen LogP contribution in [0, 0.1) is 0 Å². The Bertz CT molecular complexity index is 592. The van der Waals surface area contributed by atoms with Crippen LogP contribution in [0.15, 0.2) is 36.7 Å². The molecule has 0 aliphatic carbocycles. The van der Waals surface area contributed by atoms with Crippen LogP contribution >= 0.6 is 0 Å². The second-order valence-corrected chi connectivity index (χ2v) is 4.73. The smallest absolute Gasteiger partial charge is 0.250 e. The second-order valence-electron chi connectivity index (χ2n) is 4.73. The summed E-state index contributed by atoms with van der Waals surface area (Å²) in [4.78, 5) is 12.0. The minimum atomic E-state index is -0.438. The Hall–Kier alpha value is -2.25. The predicted molar refractivity (Wildman–Crippen MR) is 75.8 cm³/mol. The van der Waals surface area contributed by atoms with Crippen molar-refractivity contribution < 1.29 is 9.53 Å². The number of benzene rings is 1. The summed E-state index contributed by atoms with van der Waals surface area (Å²) in [6, 6.07) is 9.76. The molecule has 1 aliphatic heterocycles. The zero-order valence-electron chi connectivity index (χ0n) is 11.5. The second kappa shape index (κ2) is 6.47. The number of carbonyl (C=O) groups excluding carboxylic acids is 1. The van der Waals surface area contributed by atoms with Crippen LogP contribution < -0.4 is 10.6 Å². The van der Waals surface area contributed by atoms with Gasteiger partial charge < -0.3 is 15.4 Å². The van der Waals surface area contributed by atoms with Crippen molar-refractivity contribution in [3.05, 3.63) is 42.5 Å². The van der Waals surface area contributed by atoms with Gasteiger partial charge in [-0.3, -0.25) is 9.36 Å². The Kier molecular flexibility index (Phi) is 4.23. The van der Waals surface area contributed by atoms with Gasteiger partial charge in [0.1, 0.15) is 12.4 Å². The Balaban J connectivity index is 1.63. The predicted octanol–water partition coefficient (Wildman–Crippen LogP) is -0.128. The third-order valence-electron chi connectivity index (χ3n) is 3.29. The van der Waals surface area contributed by atoms with Gasteiger partial charge in [0.15, 0.2) is 5.82 Å². The first-order valence-electron chi connectivity index (χ1n) is 6.89. The van der Waals surface area contributed by atoms with Crippen LogP contribution in [0.5, 0.6) is 0 Å². The van der Waals surface area contributed by atoms with E-state index in [0.717, 1.165) is 12.2 Å². The molecule has 21 heavy (non-hydrogen) atoms. The normalized spacial score (nSPS) is 18.4. The summed E-state index contributed by atoms with van der Waals surface area (Å²) in [5.74, 6) is 0.545. The maximum atomic E-state index is 12.0. The molecule has 7 heteroatoms. The number of carbonyl (C=O) groups is 1. The van der Waals surface area contributed by atoms with E-state index >= 15 is 0 Å². The number of hydrogen-bond donors (Lipinski definition) is 2. The van der Waals surface area contributed by atoms with Gasteiger partial charge in [0.05, 0.1) is 13.2 Å². The van der Waals surface area contributed by atoms with Crippen LogP contribution in [0.4, 0.5) is 0 Å². The van der Waals surface area contributed by atoms with Gasteiger partial charge in [0.2, 0.25) is 0 Å². The van der Waals surface area contributed by atoms with Crippen molar-refractivity contribution in [3.63, 3.8) is 0 Å². The lowest BCUT2D eigenvalue weighted by atomic mass is 10.3. The molecule has 2 aromatic rings. The molecule has 2 N–H and O–H groups in total. The molecular formula is C14H17N5O2. The van der Waals surface area contributed by atoms with E-state index in [1.54, 1.807) is 6.33 Å². The number of nitrogens with zero attached hydrogens (tertiary/aromatic N) is 3. The Morgan fingerprint density at radius 2 is 2.29 bits per heavy atom. The molecule has 2 heterocycles. The Morgan fingerprint density at radius 1 is 1.43 bits per heavy atom. The average Bonchev–Trinajstić information content (AvgIpc) is 3.03. The van der Waals surface area contributed by atoms with Crippen LogP contribution in [0.25, 0.3) is 5.69 Å². The van der Waals surface area contributed by atoms with Crippen LogP contribution in [0.3, 0.4) is 0 Å². The van der Waals surface area contributed by atoms with E-state index in [9.17, 15) is 4.79 Å². The monoisotopic (exact) mass is 287 g/mol. The van der Waals surface area contributed by atoms with Crippen molar-refractivity contribution in [3.8, 4) is 5.69 Å². The zero-order valence-corrected chi connectivity index (χ0v) is 11.5. The van der Waals surface area contributed by atoms with E-state index in [1.807, 2.05) is 34.9 Å². The number of nitrogens with one attached hydrogen (secondary N) is 2. The van der Waals surface area contributed by atoms with Crippen LogP contribution in [0.1, 0.15) is 5.82 Å². The van der Waals surface area contributed by atoms with E-state index in [-0.39, 0.29) is 5.91 Å². The minimum absolute atomic E-state index is 0.134. The van der Waals surface area contributed by atoms with Gasteiger partial charge in [-0.1, -0.05) is 18.2 Å². The molecule has 1 aliphatic rings. The molecule has 1 fully saturated rings. The number of para-hydroxylation sites is 1. The fraction of sp³-hybridized carbons (Fsp3) is 0.357. The van der Waals surface area contributed by atoms with Crippen molar-refractivity contribution in [2.45, 2.75) is 12.6 Å². The lowest BCUT2D eigenvalue weighted by molar-refractivity contribution is -0.134. The first-order valence-corrected chi connectivity index (χ1v) is 6.89. The van der Waals surface area contributed by atoms with Crippen LogP contribution in [-0.2, 0) is 16.1 Å². The SMILES string of the molecule is O=C(NCc1nncn1-c1ccccc1)C1CNCCO1. The summed E-state index contributed by atoms with van der Waals surface area (Å²) in [5, 5.41) is 13.9. The first-order chi connectivity index (χ1) is 10.3. The molecule has 110 valence electrons. The molecular weight excluding hydrogens is 270 g/mol. The first kappa shape index (κ1) is 13.7. The molecule has 1 aromatic heterocycles. The van der Waals surface area contributed by atoms with E-state index in [4.69, 9.17) is 4.74 Å². The number of morpholine rings is 1. The van der Waals surface area contributed by atoms with Gasteiger partial charge in [0, 0.05) is 18.8 Å². The van der Waals surface area contributed by atoms with Crippen molar-refractivity contribution in [2.75, 3.05) is 19.7 Å². The molecule has 0 bridgehead atoms. The molecule has 0 saturated carbocycles. The summed E-state index contributed by atoms with van der Waals surface area (Å²) in [6.45, 7) is 2.19. The average molecular weight is 287 g/mol. The van der Waals surface area contributed by atoms with Crippen molar-refractivity contribution in [1.82, 2.24) is 25.4 Å². The highest BCUT2D eigenvalue weighted by molar-refractivity contribution is 5.81. The number of aromatic nitrogens is 3. The lowest BCUT2D eigenvalue weighted by Crippen LogP contribution is -2.47. The summed E-state index contributed by atoms with van der Waals surface area (Å²) in [6.07, 6.45) is 1.20. The molecule has 1 saturated heterocycles. The number of rotatable bonds is 4. The van der Waals surface area contributed by atoms with Gasteiger partial charge in [-0.05, 0) is 12.1 Å². The molecule has 7 nitrogen and oxygen atoms in total. The largest absolute Gasteiger partial charge is 0.366 e. The topological polar surface area (TPSA) is 81.1 Å². The quantitative estimate of drug-likeness (QED) is 0.819. The Morgan fingerprint density at radius 3 is 3.05 bits per heavy atom. The molecule has 1 aromatic carbocycles. The fourth-order valence-corrected chi connectivity index (χ4v) is 2.20. The standard InChI is InChI=1S/C14H17N5O2/c20-14(12-8-15-6-7-21-12)16-9-13-18-17-10-19(13)11-4-2-1-3-5-11/h1-5,10,12,15H,6-9H2,(H,16,20). The highest BCUT2D eigenvalue weighted by Crippen LogP contribution is 2.08. The van der Waals surface area contributed by atoms with Crippen LogP contribution in [0.2, 0.25) is 0 Å². The Labute approximate surface area is 122 Å². The number of hydrogen-bond acceptors (Lipinski definition) is 5. The molecule has 3 rings (SSSR count). The fourth-order valence-electron chi connectivity index (χ4n) is 2.20. The van der Waals surface area contributed by atoms with E-state index in [1.165, 1.54) is 0 Å². The third kappa shape index (κ3) is 3.26. The van der Waals surface area contributed by atoms with Crippen molar-refractivity contribution in [2.24, 2.45) is 0 Å². The van der Waals surface area contributed by atoms with Gasteiger partial charge in [-0.2, -0.15) is 0 Å². The van der Waals surface area contributed by atoms with Gasteiger partial charge >= 0.3 is 0 Å². The van der Waals surface area contributed by atoms with E-state index in [2.05, 4.69) is 20.8 Å². The lowest BCUT2D eigenvalue weighted by Gasteiger charge is -2.22. The number of ether oxygens (including phenoxy) is 1. The molecule has 1 amide bonds. The van der Waals surface area contributed by atoms with Gasteiger partial charge in [0.25, 0.3) is 5.91 Å². The van der Waals surface area contributed by atoms with Crippen molar-refractivity contribution in [1.29, 1.82) is 0 Å². The highest BCUT2D eigenvalue weighted by atomic mass is 16.5. The molecule has 1 atom stereocenters. The van der Waals surface area contributed by atoms with E-state index < -0.39 is 6.10 Å². The van der Waals surface area contributed by atoms with Crippen LogP contribution in [-0.4, -0.2) is 46.5 Å². The number of amides is 1.